The number of carbonyl (C=O) groups excluding carboxylic acids is 1. The van der Waals surface area contributed by atoms with Crippen molar-refractivity contribution in [1.82, 2.24) is 10.6 Å². The van der Waals surface area contributed by atoms with Gasteiger partial charge in [0.05, 0.1) is 6.04 Å². The molecule has 0 bridgehead atoms. The van der Waals surface area contributed by atoms with Crippen LogP contribution in [0.3, 0.4) is 0 Å². The van der Waals surface area contributed by atoms with Crippen LogP contribution >= 0.6 is 0 Å². The molecule has 0 rings (SSSR count). The summed E-state index contributed by atoms with van der Waals surface area (Å²) in [5.41, 5.74) is 0. The molecule has 0 saturated carbocycles. The third-order valence-electron chi connectivity index (χ3n) is 1.66. The predicted octanol–water partition coefficient (Wildman–Crippen LogP) is -0.132. The molecule has 0 aliphatic heterocycles. The first-order valence-corrected chi connectivity index (χ1v) is 6.50. The third-order valence-corrected chi connectivity index (χ3v) is 2.44. The molecule has 14 heavy (non-hydrogen) atoms. The van der Waals surface area contributed by atoms with E-state index in [4.69, 9.17) is 0 Å². The highest BCUT2D eigenvalue weighted by molar-refractivity contribution is 7.84. The van der Waals surface area contributed by atoms with Crippen LogP contribution in [-0.4, -0.2) is 40.8 Å². The number of nitrogens with one attached hydrogen (secondary N) is 2. The summed E-state index contributed by atoms with van der Waals surface area (Å²) in [5, 5.41) is 5.82. The summed E-state index contributed by atoms with van der Waals surface area (Å²) in [6, 6.07) is -0.0620. The second-order valence-corrected chi connectivity index (χ2v) is 5.17. The van der Waals surface area contributed by atoms with Gasteiger partial charge in [0.1, 0.15) is 0 Å². The van der Waals surface area contributed by atoms with E-state index in [9.17, 15) is 9.00 Å². The molecule has 0 aliphatic carbocycles. The SMILES string of the molecule is CC(C)NC(=O)C(C)NCCS(C)=O. The average Bonchev–Trinajstić information content (AvgIpc) is 2.01. The van der Waals surface area contributed by atoms with Gasteiger partial charge < -0.3 is 10.6 Å². The minimum atomic E-state index is -0.800. The van der Waals surface area contributed by atoms with Crippen LogP contribution in [-0.2, 0) is 15.6 Å². The van der Waals surface area contributed by atoms with Crippen LogP contribution in [0.5, 0.6) is 0 Å². The fourth-order valence-electron chi connectivity index (χ4n) is 0.921. The Balaban J connectivity index is 3.67. The first-order chi connectivity index (χ1) is 6.43. The standard InChI is InChI=1S/C9H20N2O2S/c1-7(2)11-9(12)8(3)10-5-6-14(4)13/h7-8,10H,5-6H2,1-4H3,(H,11,12). The van der Waals surface area contributed by atoms with Crippen LogP contribution in [0.4, 0.5) is 0 Å². The molecule has 0 fully saturated rings. The van der Waals surface area contributed by atoms with E-state index in [2.05, 4.69) is 10.6 Å². The maximum absolute atomic E-state index is 11.4. The minimum Gasteiger partial charge on any atom is -0.353 e. The predicted molar refractivity (Wildman–Crippen MR) is 59.7 cm³/mol. The molecule has 0 heterocycles. The lowest BCUT2D eigenvalue weighted by atomic mass is 10.3. The zero-order chi connectivity index (χ0) is 11.1. The largest absolute Gasteiger partial charge is 0.353 e. The Morgan fingerprint density at radius 1 is 1.36 bits per heavy atom. The van der Waals surface area contributed by atoms with Gasteiger partial charge in [-0.25, -0.2) is 0 Å². The highest BCUT2D eigenvalue weighted by Gasteiger charge is 2.12. The van der Waals surface area contributed by atoms with Gasteiger partial charge in [0, 0.05) is 35.4 Å². The molecule has 2 N–H and O–H groups in total. The molecule has 0 aromatic rings. The summed E-state index contributed by atoms with van der Waals surface area (Å²) in [6.45, 7) is 6.25. The lowest BCUT2D eigenvalue weighted by Gasteiger charge is -2.15. The van der Waals surface area contributed by atoms with Crippen LogP contribution in [0.25, 0.3) is 0 Å². The van der Waals surface area contributed by atoms with Gasteiger partial charge in [-0.3, -0.25) is 9.00 Å². The van der Waals surface area contributed by atoms with Gasteiger partial charge in [-0.05, 0) is 20.8 Å². The molecule has 2 atom stereocenters. The molecular weight excluding hydrogens is 200 g/mol. The average molecular weight is 220 g/mol. The Labute approximate surface area is 88.3 Å². The third kappa shape index (κ3) is 7.03. The van der Waals surface area contributed by atoms with Crippen molar-refractivity contribution in [2.45, 2.75) is 32.9 Å². The number of carbonyl (C=O) groups is 1. The molecule has 1 amide bonds. The second kappa shape index (κ2) is 6.95. The molecule has 0 saturated heterocycles. The van der Waals surface area contributed by atoms with Crippen molar-refractivity contribution in [1.29, 1.82) is 0 Å². The molecular formula is C9H20N2O2S. The van der Waals surface area contributed by atoms with Crippen molar-refractivity contribution in [3.8, 4) is 0 Å². The summed E-state index contributed by atoms with van der Waals surface area (Å²) in [7, 11) is -0.800. The maximum Gasteiger partial charge on any atom is 0.237 e. The van der Waals surface area contributed by atoms with Crippen LogP contribution in [0.15, 0.2) is 0 Å². The van der Waals surface area contributed by atoms with E-state index in [1.165, 1.54) is 0 Å². The lowest BCUT2D eigenvalue weighted by molar-refractivity contribution is -0.123. The van der Waals surface area contributed by atoms with Crippen molar-refractivity contribution in [2.24, 2.45) is 0 Å². The molecule has 2 unspecified atom stereocenters. The van der Waals surface area contributed by atoms with E-state index < -0.39 is 10.8 Å². The Morgan fingerprint density at radius 3 is 2.36 bits per heavy atom. The molecule has 84 valence electrons. The van der Waals surface area contributed by atoms with Gasteiger partial charge in [-0.1, -0.05) is 0 Å². The highest BCUT2D eigenvalue weighted by atomic mass is 32.2. The summed E-state index contributed by atoms with van der Waals surface area (Å²) >= 11 is 0. The number of hydrogen-bond acceptors (Lipinski definition) is 3. The Morgan fingerprint density at radius 2 is 1.93 bits per heavy atom. The zero-order valence-electron chi connectivity index (χ0n) is 9.29. The van der Waals surface area contributed by atoms with Crippen molar-refractivity contribution in [2.75, 3.05) is 18.6 Å². The molecule has 0 aromatic carbocycles. The van der Waals surface area contributed by atoms with Crippen molar-refractivity contribution < 1.29 is 9.00 Å². The van der Waals surface area contributed by atoms with Gasteiger partial charge in [0.15, 0.2) is 0 Å². The maximum atomic E-state index is 11.4. The van der Waals surface area contributed by atoms with E-state index in [0.717, 1.165) is 0 Å². The summed E-state index contributed by atoms with van der Waals surface area (Å²) in [5.74, 6) is 0.570. The first-order valence-electron chi connectivity index (χ1n) is 4.77. The monoisotopic (exact) mass is 220 g/mol. The van der Waals surface area contributed by atoms with E-state index in [0.29, 0.717) is 12.3 Å². The number of amides is 1. The summed E-state index contributed by atoms with van der Waals surface area (Å²) in [6.07, 6.45) is 1.65. The van der Waals surface area contributed by atoms with E-state index in [1.807, 2.05) is 13.8 Å². The normalized spacial score (nSPS) is 15.2. The second-order valence-electron chi connectivity index (χ2n) is 3.62. The van der Waals surface area contributed by atoms with Crippen molar-refractivity contribution >= 4 is 16.7 Å². The van der Waals surface area contributed by atoms with Gasteiger partial charge in [-0.15, -0.1) is 0 Å². The summed E-state index contributed by atoms with van der Waals surface area (Å²) < 4.78 is 10.7. The van der Waals surface area contributed by atoms with Crippen LogP contribution in [0.2, 0.25) is 0 Å². The molecule has 0 aromatic heterocycles. The Hall–Kier alpha value is -0.420. The molecule has 0 aliphatic rings. The quantitative estimate of drug-likeness (QED) is 0.655. The Kier molecular flexibility index (Phi) is 6.74. The molecule has 5 heteroatoms. The van der Waals surface area contributed by atoms with Crippen molar-refractivity contribution in [3.05, 3.63) is 0 Å². The van der Waals surface area contributed by atoms with Gasteiger partial charge in [0.25, 0.3) is 0 Å². The summed E-state index contributed by atoms with van der Waals surface area (Å²) in [4.78, 5) is 11.4. The minimum absolute atomic E-state index is 0.0121. The van der Waals surface area contributed by atoms with Crippen LogP contribution in [0.1, 0.15) is 20.8 Å². The van der Waals surface area contributed by atoms with Crippen molar-refractivity contribution in [3.63, 3.8) is 0 Å². The number of rotatable bonds is 6. The molecule has 0 spiro atoms. The molecule has 0 radical (unpaired) electrons. The van der Waals surface area contributed by atoms with Crippen LogP contribution in [0, 0.1) is 0 Å². The topological polar surface area (TPSA) is 58.2 Å². The van der Waals surface area contributed by atoms with Gasteiger partial charge in [-0.2, -0.15) is 0 Å². The van der Waals surface area contributed by atoms with E-state index in [-0.39, 0.29) is 18.0 Å². The lowest BCUT2D eigenvalue weighted by Crippen LogP contribution is -2.45. The highest BCUT2D eigenvalue weighted by Crippen LogP contribution is 1.85. The zero-order valence-corrected chi connectivity index (χ0v) is 10.1. The fraction of sp³-hybridized carbons (Fsp3) is 0.889. The van der Waals surface area contributed by atoms with Gasteiger partial charge in [0.2, 0.25) is 5.91 Å². The Bertz CT molecular complexity index is 207. The van der Waals surface area contributed by atoms with E-state index in [1.54, 1.807) is 13.2 Å². The molecule has 4 nitrogen and oxygen atoms in total. The van der Waals surface area contributed by atoms with Crippen LogP contribution < -0.4 is 10.6 Å². The fourth-order valence-corrected chi connectivity index (χ4v) is 1.33. The number of hydrogen-bond donors (Lipinski definition) is 2. The van der Waals surface area contributed by atoms with Gasteiger partial charge >= 0.3 is 0 Å². The van der Waals surface area contributed by atoms with E-state index >= 15 is 0 Å². The first kappa shape index (κ1) is 13.6. The smallest absolute Gasteiger partial charge is 0.237 e.